The van der Waals surface area contributed by atoms with E-state index < -0.39 is 5.60 Å². The van der Waals surface area contributed by atoms with Gasteiger partial charge in [0.25, 0.3) is 0 Å². The van der Waals surface area contributed by atoms with Gasteiger partial charge in [0.1, 0.15) is 0 Å². The minimum absolute atomic E-state index is 0.562. The Morgan fingerprint density at radius 1 is 1.38 bits per heavy atom. The maximum Gasteiger partial charge on any atom is 0.0594 e. The fourth-order valence-corrected chi connectivity index (χ4v) is 2.34. The number of anilines is 1. The fraction of sp³-hybridized carbons (Fsp3) is 0.571. The molecule has 88 valence electrons. The molecule has 0 amide bonds. The largest absolute Gasteiger partial charge is 0.390 e. The Morgan fingerprint density at radius 2 is 2.12 bits per heavy atom. The topological polar surface area (TPSA) is 23.5 Å². The van der Waals surface area contributed by atoms with Gasteiger partial charge in [0.05, 0.1) is 5.60 Å². The molecule has 0 fully saturated rings. The Morgan fingerprint density at radius 3 is 2.81 bits per heavy atom. The molecule has 1 aromatic rings. The highest BCUT2D eigenvalue weighted by molar-refractivity contribution is 5.60. The molecule has 2 nitrogen and oxygen atoms in total. The van der Waals surface area contributed by atoms with Crippen LogP contribution in [0.4, 0.5) is 5.69 Å². The van der Waals surface area contributed by atoms with Crippen LogP contribution in [0.5, 0.6) is 0 Å². The third-order valence-corrected chi connectivity index (χ3v) is 3.36. The van der Waals surface area contributed by atoms with Gasteiger partial charge in [-0.15, -0.1) is 0 Å². The number of benzene rings is 1. The minimum atomic E-state index is -0.562. The molecular weight excluding hydrogens is 198 g/mol. The number of aryl methyl sites for hydroxylation is 1. The second kappa shape index (κ2) is 4.10. The highest BCUT2D eigenvalue weighted by atomic mass is 16.3. The summed E-state index contributed by atoms with van der Waals surface area (Å²) >= 11 is 0. The van der Waals surface area contributed by atoms with Crippen molar-refractivity contribution in [3.8, 4) is 0 Å². The Hall–Kier alpha value is -1.02. The van der Waals surface area contributed by atoms with Gasteiger partial charge in [-0.1, -0.05) is 12.1 Å². The lowest BCUT2D eigenvalue weighted by molar-refractivity contribution is 0.0713. The zero-order chi connectivity index (χ0) is 11.8. The fourth-order valence-electron chi connectivity index (χ4n) is 2.34. The van der Waals surface area contributed by atoms with Gasteiger partial charge in [0, 0.05) is 19.3 Å². The zero-order valence-corrected chi connectivity index (χ0v) is 10.5. The van der Waals surface area contributed by atoms with Crippen LogP contribution < -0.4 is 4.90 Å². The highest BCUT2D eigenvalue weighted by Gasteiger charge is 2.20. The molecule has 0 saturated carbocycles. The summed E-state index contributed by atoms with van der Waals surface area (Å²) in [7, 11) is 2.14. The van der Waals surface area contributed by atoms with Gasteiger partial charge in [-0.05, 0) is 50.3 Å². The molecule has 1 aliphatic rings. The first-order valence-corrected chi connectivity index (χ1v) is 6.02. The molecule has 1 N–H and O–H groups in total. The van der Waals surface area contributed by atoms with Gasteiger partial charge in [0.15, 0.2) is 0 Å². The maximum atomic E-state index is 9.77. The van der Waals surface area contributed by atoms with Gasteiger partial charge < -0.3 is 10.0 Å². The van der Waals surface area contributed by atoms with E-state index in [1.807, 2.05) is 13.8 Å². The minimum Gasteiger partial charge on any atom is -0.390 e. The molecule has 1 heterocycles. The smallest absolute Gasteiger partial charge is 0.0594 e. The first-order chi connectivity index (χ1) is 7.47. The van der Waals surface area contributed by atoms with E-state index in [0.29, 0.717) is 0 Å². The van der Waals surface area contributed by atoms with Crippen LogP contribution in [0.15, 0.2) is 18.2 Å². The van der Waals surface area contributed by atoms with Crippen LogP contribution in [0.1, 0.15) is 31.4 Å². The molecule has 0 unspecified atom stereocenters. The average molecular weight is 219 g/mol. The van der Waals surface area contributed by atoms with Crippen molar-refractivity contribution in [1.82, 2.24) is 0 Å². The van der Waals surface area contributed by atoms with Gasteiger partial charge in [-0.2, -0.15) is 0 Å². The number of hydrogen-bond donors (Lipinski definition) is 1. The van der Waals surface area contributed by atoms with Gasteiger partial charge >= 0.3 is 0 Å². The van der Waals surface area contributed by atoms with Crippen LogP contribution in [-0.4, -0.2) is 24.3 Å². The number of rotatable bonds is 3. The molecule has 0 spiro atoms. The van der Waals surface area contributed by atoms with Crippen LogP contribution in [0.2, 0.25) is 0 Å². The summed E-state index contributed by atoms with van der Waals surface area (Å²) in [5.74, 6) is 0. The Labute approximate surface area is 97.9 Å². The van der Waals surface area contributed by atoms with E-state index in [1.54, 1.807) is 0 Å². The van der Waals surface area contributed by atoms with Crippen molar-refractivity contribution in [2.75, 3.05) is 18.5 Å². The summed E-state index contributed by atoms with van der Waals surface area (Å²) in [5, 5.41) is 9.77. The van der Waals surface area contributed by atoms with E-state index >= 15 is 0 Å². The number of fused-ring (bicyclic) bond motifs is 1. The second-order valence-corrected chi connectivity index (χ2v) is 5.40. The van der Waals surface area contributed by atoms with Crippen LogP contribution in [0, 0.1) is 0 Å². The summed E-state index contributed by atoms with van der Waals surface area (Å²) in [5.41, 5.74) is 3.69. The van der Waals surface area contributed by atoms with Gasteiger partial charge in [-0.25, -0.2) is 0 Å². The van der Waals surface area contributed by atoms with Crippen molar-refractivity contribution in [1.29, 1.82) is 0 Å². The Kier molecular flexibility index (Phi) is 2.94. The second-order valence-electron chi connectivity index (χ2n) is 5.40. The SMILES string of the molecule is CN1CCc2c(CCC(C)(C)O)cccc21. The first kappa shape index (κ1) is 11.5. The van der Waals surface area contributed by atoms with Crippen molar-refractivity contribution in [3.63, 3.8) is 0 Å². The molecular formula is C14H21NO. The number of hydrogen-bond acceptors (Lipinski definition) is 2. The van der Waals surface area contributed by atoms with E-state index in [4.69, 9.17) is 0 Å². The van der Waals surface area contributed by atoms with E-state index in [-0.39, 0.29) is 0 Å². The Balaban J connectivity index is 2.17. The highest BCUT2D eigenvalue weighted by Crippen LogP contribution is 2.30. The quantitative estimate of drug-likeness (QED) is 0.843. The van der Waals surface area contributed by atoms with Crippen molar-refractivity contribution in [2.45, 2.75) is 38.7 Å². The predicted molar refractivity (Wildman–Crippen MR) is 68.0 cm³/mol. The predicted octanol–water partition coefficient (Wildman–Crippen LogP) is 2.38. The average Bonchev–Trinajstić information content (AvgIpc) is 2.57. The molecule has 16 heavy (non-hydrogen) atoms. The lowest BCUT2D eigenvalue weighted by atomic mass is 9.95. The molecule has 1 aliphatic heterocycles. The van der Waals surface area contributed by atoms with E-state index in [0.717, 1.165) is 25.8 Å². The summed E-state index contributed by atoms with van der Waals surface area (Å²) < 4.78 is 0. The van der Waals surface area contributed by atoms with Crippen LogP contribution in [0.3, 0.4) is 0 Å². The number of nitrogens with zero attached hydrogens (tertiary/aromatic N) is 1. The monoisotopic (exact) mass is 219 g/mol. The molecule has 0 radical (unpaired) electrons. The van der Waals surface area contributed by atoms with Crippen LogP contribution in [0.25, 0.3) is 0 Å². The molecule has 1 aromatic carbocycles. The van der Waals surface area contributed by atoms with E-state index in [1.165, 1.54) is 16.8 Å². The van der Waals surface area contributed by atoms with Crippen molar-refractivity contribution in [2.24, 2.45) is 0 Å². The summed E-state index contributed by atoms with van der Waals surface area (Å²) in [6.07, 6.45) is 2.95. The van der Waals surface area contributed by atoms with Crippen LogP contribution >= 0.6 is 0 Å². The summed E-state index contributed by atoms with van der Waals surface area (Å²) in [6.45, 7) is 4.87. The third-order valence-electron chi connectivity index (χ3n) is 3.36. The molecule has 0 bridgehead atoms. The number of likely N-dealkylation sites (N-methyl/N-ethyl adjacent to an activating group) is 1. The number of aliphatic hydroxyl groups is 1. The summed E-state index contributed by atoms with van der Waals surface area (Å²) in [6, 6.07) is 6.51. The van der Waals surface area contributed by atoms with Gasteiger partial charge in [0.2, 0.25) is 0 Å². The maximum absolute atomic E-state index is 9.77. The first-order valence-electron chi connectivity index (χ1n) is 6.02. The molecule has 0 atom stereocenters. The van der Waals surface area contributed by atoms with Crippen molar-refractivity contribution in [3.05, 3.63) is 29.3 Å². The van der Waals surface area contributed by atoms with Crippen molar-refractivity contribution >= 4 is 5.69 Å². The molecule has 2 rings (SSSR count). The van der Waals surface area contributed by atoms with Crippen molar-refractivity contribution < 1.29 is 5.11 Å². The van der Waals surface area contributed by atoms with Crippen LogP contribution in [-0.2, 0) is 12.8 Å². The van der Waals surface area contributed by atoms with Gasteiger partial charge in [-0.3, -0.25) is 0 Å². The lowest BCUT2D eigenvalue weighted by Crippen LogP contribution is -2.19. The lowest BCUT2D eigenvalue weighted by Gasteiger charge is -2.18. The molecule has 2 heteroatoms. The molecule has 0 aliphatic carbocycles. The Bertz CT molecular complexity index is 379. The molecule has 0 saturated heterocycles. The standard InChI is InChI=1S/C14H21NO/c1-14(2,16)9-7-11-5-4-6-13-12(11)8-10-15(13)3/h4-6,16H,7-10H2,1-3H3. The molecule has 0 aromatic heterocycles. The zero-order valence-electron chi connectivity index (χ0n) is 10.5. The van der Waals surface area contributed by atoms with E-state index in [2.05, 4.69) is 30.1 Å². The van der Waals surface area contributed by atoms with E-state index in [9.17, 15) is 5.11 Å². The normalized spacial score (nSPS) is 15.4. The third kappa shape index (κ3) is 2.38. The summed E-state index contributed by atoms with van der Waals surface area (Å²) in [4.78, 5) is 2.31.